The lowest BCUT2D eigenvalue weighted by Gasteiger charge is -2.33. The van der Waals surface area contributed by atoms with E-state index in [1.165, 1.54) is 0 Å². The van der Waals surface area contributed by atoms with E-state index in [-0.39, 0.29) is 11.5 Å². The minimum absolute atomic E-state index is 0.121. The van der Waals surface area contributed by atoms with Crippen molar-refractivity contribution in [3.8, 4) is 0 Å². The van der Waals surface area contributed by atoms with Gasteiger partial charge in [0.2, 0.25) is 4.93 Å². The number of carboxylic acid groups (broad SMARTS) is 1. The number of carboxylic acids is 1. The second kappa shape index (κ2) is 3.49. The Morgan fingerprint density at radius 2 is 1.92 bits per heavy atom. The van der Waals surface area contributed by atoms with Gasteiger partial charge < -0.3 is 15.3 Å². The number of thioether (sulfide) groups is 2. The van der Waals surface area contributed by atoms with Crippen molar-refractivity contribution in [3.05, 3.63) is 0 Å². The van der Waals surface area contributed by atoms with Gasteiger partial charge in [0.1, 0.15) is 0 Å². The third kappa shape index (κ3) is 2.16. The number of hydrogen-bond donors (Lipinski definition) is 3. The maximum atomic E-state index is 10.5. The molecule has 0 aromatic carbocycles. The van der Waals surface area contributed by atoms with Crippen LogP contribution in [0.3, 0.4) is 0 Å². The summed E-state index contributed by atoms with van der Waals surface area (Å²) in [5.74, 6) is -1.68. The molecule has 74 valence electrons. The zero-order valence-corrected chi connectivity index (χ0v) is 8.10. The SMILES string of the molecule is O=CC1(O)CSC(O)(C(=O)O)CS1. The van der Waals surface area contributed by atoms with Gasteiger partial charge in [-0.1, -0.05) is 0 Å². The van der Waals surface area contributed by atoms with Gasteiger partial charge in [0.05, 0.1) is 0 Å². The summed E-state index contributed by atoms with van der Waals surface area (Å²) in [7, 11) is 0. The minimum atomic E-state index is -1.89. The smallest absolute Gasteiger partial charge is 0.347 e. The molecule has 3 N–H and O–H groups in total. The van der Waals surface area contributed by atoms with Crippen molar-refractivity contribution in [2.45, 2.75) is 9.87 Å². The van der Waals surface area contributed by atoms with Crippen LogP contribution in [0, 0.1) is 0 Å². The summed E-state index contributed by atoms with van der Waals surface area (Å²) in [6.07, 6.45) is 0.353. The second-order valence-electron chi connectivity index (χ2n) is 2.63. The molecule has 0 spiro atoms. The minimum Gasteiger partial charge on any atom is -0.478 e. The summed E-state index contributed by atoms with van der Waals surface area (Å²) in [5.41, 5.74) is 0. The highest BCUT2D eigenvalue weighted by atomic mass is 32.2. The summed E-state index contributed by atoms with van der Waals surface area (Å²) in [6, 6.07) is 0. The average Bonchev–Trinajstić information content (AvgIpc) is 2.11. The van der Waals surface area contributed by atoms with Crippen LogP contribution in [0.15, 0.2) is 0 Å². The molecule has 1 fully saturated rings. The van der Waals surface area contributed by atoms with Crippen LogP contribution in [-0.2, 0) is 9.59 Å². The van der Waals surface area contributed by atoms with Crippen LogP contribution in [0.2, 0.25) is 0 Å². The zero-order chi connectivity index (χ0) is 10.1. The standard InChI is InChI=1S/C6H8O5S2/c7-1-5(10)2-13-6(11,3-12-5)4(8)9/h1,10-11H,2-3H2,(H,8,9). The highest BCUT2D eigenvalue weighted by Crippen LogP contribution is 2.40. The summed E-state index contributed by atoms with van der Waals surface area (Å²) < 4.78 is 0. The monoisotopic (exact) mass is 224 g/mol. The number of aliphatic carboxylic acids is 1. The quantitative estimate of drug-likeness (QED) is 0.525. The third-order valence-corrected chi connectivity index (χ3v) is 4.60. The summed E-state index contributed by atoms with van der Waals surface area (Å²) in [4.78, 5) is 17.4. The van der Waals surface area contributed by atoms with Crippen molar-refractivity contribution in [1.82, 2.24) is 0 Å². The third-order valence-electron chi connectivity index (χ3n) is 1.55. The number of aldehydes is 1. The van der Waals surface area contributed by atoms with Crippen molar-refractivity contribution in [3.63, 3.8) is 0 Å². The first-order valence-corrected chi connectivity index (χ1v) is 5.31. The number of rotatable bonds is 2. The Labute approximate surface area is 82.5 Å². The molecule has 1 saturated heterocycles. The van der Waals surface area contributed by atoms with E-state index in [2.05, 4.69) is 0 Å². The Morgan fingerprint density at radius 1 is 1.31 bits per heavy atom. The Balaban J connectivity index is 2.66. The van der Waals surface area contributed by atoms with Crippen LogP contribution in [-0.4, -0.2) is 48.9 Å². The lowest BCUT2D eigenvalue weighted by Crippen LogP contribution is -2.47. The molecule has 0 aliphatic carbocycles. The first-order valence-electron chi connectivity index (χ1n) is 3.34. The molecule has 5 nitrogen and oxygen atoms in total. The first kappa shape index (κ1) is 10.8. The Hall–Kier alpha value is -0.240. The van der Waals surface area contributed by atoms with Gasteiger partial charge in [0.25, 0.3) is 0 Å². The van der Waals surface area contributed by atoms with Crippen LogP contribution in [0.25, 0.3) is 0 Å². The molecule has 7 heteroatoms. The Morgan fingerprint density at radius 3 is 2.23 bits per heavy atom. The van der Waals surface area contributed by atoms with Gasteiger partial charge in [-0.15, -0.1) is 23.5 Å². The topological polar surface area (TPSA) is 94.8 Å². The van der Waals surface area contributed by atoms with Gasteiger partial charge in [-0.3, -0.25) is 4.79 Å². The van der Waals surface area contributed by atoms with Gasteiger partial charge >= 0.3 is 5.97 Å². The normalized spacial score (nSPS) is 39.8. The molecular weight excluding hydrogens is 216 g/mol. The van der Waals surface area contributed by atoms with E-state index < -0.39 is 15.8 Å². The lowest BCUT2D eigenvalue weighted by molar-refractivity contribution is -0.148. The molecular formula is C6H8O5S2. The van der Waals surface area contributed by atoms with E-state index >= 15 is 0 Å². The fraction of sp³-hybridized carbons (Fsp3) is 0.667. The fourth-order valence-corrected chi connectivity index (χ4v) is 3.01. The second-order valence-corrected chi connectivity index (χ2v) is 5.17. The number of hydrogen-bond acceptors (Lipinski definition) is 6. The summed E-state index contributed by atoms with van der Waals surface area (Å²) in [6.45, 7) is 0. The van der Waals surface area contributed by atoms with E-state index in [0.29, 0.717) is 18.0 Å². The maximum absolute atomic E-state index is 10.5. The molecule has 1 heterocycles. The Bertz CT molecular complexity index is 233. The Kier molecular flexibility index (Phi) is 2.91. The van der Waals surface area contributed by atoms with Crippen LogP contribution in [0.1, 0.15) is 0 Å². The number of aliphatic hydroxyl groups is 2. The lowest BCUT2D eigenvalue weighted by atomic mass is 10.4. The predicted molar refractivity (Wildman–Crippen MR) is 48.5 cm³/mol. The molecule has 13 heavy (non-hydrogen) atoms. The van der Waals surface area contributed by atoms with Crippen LogP contribution in [0.4, 0.5) is 0 Å². The van der Waals surface area contributed by atoms with Gasteiger partial charge in [0, 0.05) is 11.5 Å². The predicted octanol–water partition coefficient (Wildman–Crippen LogP) is -0.873. The van der Waals surface area contributed by atoms with E-state index in [9.17, 15) is 19.8 Å². The van der Waals surface area contributed by atoms with Crippen LogP contribution >= 0.6 is 23.5 Å². The maximum Gasteiger partial charge on any atom is 0.347 e. The van der Waals surface area contributed by atoms with Crippen LogP contribution in [0.5, 0.6) is 0 Å². The summed E-state index contributed by atoms with van der Waals surface area (Å²) in [5, 5.41) is 27.3. The van der Waals surface area contributed by atoms with E-state index in [0.717, 1.165) is 11.8 Å². The van der Waals surface area contributed by atoms with E-state index in [1.54, 1.807) is 0 Å². The van der Waals surface area contributed by atoms with Crippen LogP contribution < -0.4 is 0 Å². The fourth-order valence-electron chi connectivity index (χ4n) is 0.720. The molecule has 0 bridgehead atoms. The van der Waals surface area contributed by atoms with E-state index in [1.807, 2.05) is 0 Å². The molecule has 0 radical (unpaired) electrons. The van der Waals surface area contributed by atoms with Crippen molar-refractivity contribution in [2.24, 2.45) is 0 Å². The van der Waals surface area contributed by atoms with Crippen molar-refractivity contribution in [2.75, 3.05) is 11.5 Å². The van der Waals surface area contributed by atoms with Gasteiger partial charge in [-0.25, -0.2) is 4.79 Å². The molecule has 1 aliphatic heterocycles. The molecule has 0 aromatic heterocycles. The average molecular weight is 224 g/mol. The first-order chi connectivity index (χ1) is 5.92. The highest BCUT2D eigenvalue weighted by molar-refractivity contribution is 8.08. The molecule has 0 aromatic rings. The van der Waals surface area contributed by atoms with Crippen molar-refractivity contribution >= 4 is 35.8 Å². The summed E-state index contributed by atoms with van der Waals surface area (Å²) >= 11 is 1.40. The van der Waals surface area contributed by atoms with Crippen molar-refractivity contribution < 1.29 is 24.9 Å². The zero-order valence-electron chi connectivity index (χ0n) is 6.47. The van der Waals surface area contributed by atoms with Gasteiger partial charge in [0.15, 0.2) is 11.2 Å². The molecule has 0 saturated carbocycles. The van der Waals surface area contributed by atoms with Crippen molar-refractivity contribution in [1.29, 1.82) is 0 Å². The molecule has 0 amide bonds. The number of carbonyl (C=O) groups is 2. The van der Waals surface area contributed by atoms with E-state index in [4.69, 9.17) is 5.11 Å². The van der Waals surface area contributed by atoms with Gasteiger partial charge in [-0.2, -0.15) is 0 Å². The van der Waals surface area contributed by atoms with Gasteiger partial charge in [-0.05, 0) is 0 Å². The molecule has 2 unspecified atom stereocenters. The highest BCUT2D eigenvalue weighted by Gasteiger charge is 2.46. The molecule has 1 rings (SSSR count). The largest absolute Gasteiger partial charge is 0.478 e. The molecule has 1 aliphatic rings. The molecule has 2 atom stereocenters. The number of carbonyl (C=O) groups excluding carboxylic acids is 1.